The highest BCUT2D eigenvalue weighted by molar-refractivity contribution is 7.91. The number of ether oxygens (including phenoxy) is 1. The summed E-state index contributed by atoms with van der Waals surface area (Å²) in [6.07, 6.45) is 1.04. The lowest BCUT2D eigenvalue weighted by Crippen LogP contribution is -2.28. The summed E-state index contributed by atoms with van der Waals surface area (Å²) in [4.78, 5) is 0. The average molecular weight is 340 g/mol. The van der Waals surface area contributed by atoms with Gasteiger partial charge in [-0.1, -0.05) is 0 Å². The summed E-state index contributed by atoms with van der Waals surface area (Å²) >= 11 is 0. The van der Waals surface area contributed by atoms with Crippen LogP contribution in [0, 0.1) is 0 Å². The van der Waals surface area contributed by atoms with Crippen LogP contribution in [0.2, 0.25) is 0 Å². The molecule has 0 unspecified atom stereocenters. The number of rotatable bonds is 10. The third-order valence-electron chi connectivity index (χ3n) is 2.45. The molecule has 122 valence electrons. The molecule has 10 heteroatoms. The maximum atomic E-state index is 11.9. The Hall–Kier alpha value is -0.940. The molecule has 0 aromatic carbocycles. The maximum absolute atomic E-state index is 11.9. The number of hydrogen-bond acceptors (Lipinski definition) is 7. The summed E-state index contributed by atoms with van der Waals surface area (Å²) in [5, 5.41) is 2.78. The summed E-state index contributed by atoms with van der Waals surface area (Å²) in [5.41, 5.74) is 0. The largest absolute Gasteiger partial charge is 0.447 e. The van der Waals surface area contributed by atoms with Gasteiger partial charge in [0.05, 0.1) is 18.9 Å². The van der Waals surface area contributed by atoms with E-state index in [1.807, 2.05) is 0 Å². The summed E-state index contributed by atoms with van der Waals surface area (Å²) < 4.78 is 57.9. The lowest BCUT2D eigenvalue weighted by molar-refractivity contribution is 0.198. The highest BCUT2D eigenvalue weighted by atomic mass is 32.2. The van der Waals surface area contributed by atoms with Crippen LogP contribution in [0.3, 0.4) is 0 Å². The molecule has 0 aliphatic carbocycles. The Morgan fingerprint density at radius 3 is 2.52 bits per heavy atom. The van der Waals surface area contributed by atoms with E-state index >= 15 is 0 Å². The topological polar surface area (TPSA) is 115 Å². The van der Waals surface area contributed by atoms with Crippen molar-refractivity contribution in [3.05, 3.63) is 17.9 Å². The zero-order valence-electron chi connectivity index (χ0n) is 12.0. The van der Waals surface area contributed by atoms with E-state index in [0.29, 0.717) is 25.5 Å². The number of sulfone groups is 1. The monoisotopic (exact) mass is 340 g/mol. The van der Waals surface area contributed by atoms with Crippen LogP contribution in [0.5, 0.6) is 0 Å². The van der Waals surface area contributed by atoms with Crippen molar-refractivity contribution in [2.45, 2.75) is 11.6 Å². The van der Waals surface area contributed by atoms with Gasteiger partial charge in [0, 0.05) is 26.5 Å². The average Bonchev–Trinajstić information content (AvgIpc) is 2.82. The quantitative estimate of drug-likeness (QED) is 0.543. The van der Waals surface area contributed by atoms with Crippen LogP contribution >= 0.6 is 0 Å². The molecule has 0 spiro atoms. The predicted octanol–water partition coefficient (Wildman–Crippen LogP) is -0.661. The summed E-state index contributed by atoms with van der Waals surface area (Å²) in [6, 6.07) is 2.88. The molecule has 1 heterocycles. The number of furan rings is 1. The highest BCUT2D eigenvalue weighted by Crippen LogP contribution is 2.13. The van der Waals surface area contributed by atoms with E-state index in [1.54, 1.807) is 13.2 Å². The van der Waals surface area contributed by atoms with Gasteiger partial charge in [-0.2, -0.15) is 0 Å². The molecule has 1 aromatic heterocycles. The van der Waals surface area contributed by atoms with Crippen molar-refractivity contribution in [2.24, 2.45) is 0 Å². The summed E-state index contributed by atoms with van der Waals surface area (Å²) in [5.74, 6) is 0.202. The van der Waals surface area contributed by atoms with Gasteiger partial charge in [0.25, 0.3) is 10.0 Å². The predicted molar refractivity (Wildman–Crippen MR) is 77.2 cm³/mol. The first-order valence-electron chi connectivity index (χ1n) is 6.20. The van der Waals surface area contributed by atoms with Crippen molar-refractivity contribution < 1.29 is 26.0 Å². The second-order valence-electron chi connectivity index (χ2n) is 4.42. The molecule has 1 rings (SSSR count). The van der Waals surface area contributed by atoms with Crippen molar-refractivity contribution in [3.63, 3.8) is 0 Å². The highest BCUT2D eigenvalue weighted by Gasteiger charge is 2.18. The zero-order valence-corrected chi connectivity index (χ0v) is 13.6. The van der Waals surface area contributed by atoms with Crippen molar-refractivity contribution in [1.29, 1.82) is 0 Å². The zero-order chi connectivity index (χ0) is 15.9. The molecular weight excluding hydrogens is 320 g/mol. The van der Waals surface area contributed by atoms with Gasteiger partial charge < -0.3 is 14.5 Å². The molecule has 0 aliphatic heterocycles. The Bertz CT molecular complexity index is 635. The smallest absolute Gasteiger partial charge is 0.273 e. The Labute approximate surface area is 124 Å². The van der Waals surface area contributed by atoms with Gasteiger partial charge in [-0.05, 0) is 12.1 Å². The van der Waals surface area contributed by atoms with Crippen LogP contribution in [0.15, 0.2) is 21.6 Å². The van der Waals surface area contributed by atoms with Crippen LogP contribution in [0.1, 0.15) is 5.76 Å². The first-order chi connectivity index (χ1) is 9.74. The summed E-state index contributed by atoms with van der Waals surface area (Å²) in [6.45, 7) is 1.34. The molecular formula is C11H20N2O6S2. The number of sulfonamides is 1. The normalized spacial score (nSPS) is 12.7. The number of methoxy groups -OCH3 is 1. The minimum Gasteiger partial charge on any atom is -0.447 e. The van der Waals surface area contributed by atoms with E-state index in [1.165, 1.54) is 6.07 Å². The van der Waals surface area contributed by atoms with E-state index in [0.717, 1.165) is 6.26 Å². The fraction of sp³-hybridized carbons (Fsp3) is 0.636. The molecule has 0 radical (unpaired) electrons. The van der Waals surface area contributed by atoms with Crippen molar-refractivity contribution in [3.8, 4) is 0 Å². The lowest BCUT2D eigenvalue weighted by Gasteiger charge is -2.03. The van der Waals surface area contributed by atoms with Crippen LogP contribution in [-0.2, 0) is 31.1 Å². The van der Waals surface area contributed by atoms with Crippen LogP contribution < -0.4 is 10.0 Å². The van der Waals surface area contributed by atoms with E-state index in [9.17, 15) is 16.8 Å². The fourth-order valence-corrected chi connectivity index (χ4v) is 3.00. The molecule has 0 aliphatic rings. The fourth-order valence-electron chi connectivity index (χ4n) is 1.42. The van der Waals surface area contributed by atoms with Gasteiger partial charge in [0.2, 0.25) is 5.09 Å². The first kappa shape index (κ1) is 18.1. The molecule has 21 heavy (non-hydrogen) atoms. The first-order valence-corrected chi connectivity index (χ1v) is 9.75. The molecule has 2 N–H and O–H groups in total. The van der Waals surface area contributed by atoms with E-state index in [-0.39, 0.29) is 17.4 Å². The molecule has 0 fully saturated rings. The summed E-state index contributed by atoms with van der Waals surface area (Å²) in [7, 11) is -5.47. The minimum atomic E-state index is -3.83. The third-order valence-corrected chi connectivity index (χ3v) is 4.73. The molecule has 1 aromatic rings. The number of hydrogen-bond donors (Lipinski definition) is 2. The Morgan fingerprint density at radius 2 is 1.90 bits per heavy atom. The lowest BCUT2D eigenvalue weighted by atomic mass is 10.4. The van der Waals surface area contributed by atoms with Crippen molar-refractivity contribution in [2.75, 3.05) is 38.8 Å². The second kappa shape index (κ2) is 7.90. The molecule has 0 bridgehead atoms. The van der Waals surface area contributed by atoms with E-state index in [2.05, 4.69) is 10.0 Å². The van der Waals surface area contributed by atoms with Gasteiger partial charge in [0.15, 0.2) is 0 Å². The molecule has 0 atom stereocenters. The molecule has 0 saturated carbocycles. The number of nitrogens with one attached hydrogen (secondary N) is 2. The maximum Gasteiger partial charge on any atom is 0.273 e. The Morgan fingerprint density at radius 1 is 1.19 bits per heavy atom. The van der Waals surface area contributed by atoms with Gasteiger partial charge in [-0.25, -0.2) is 21.6 Å². The second-order valence-corrected chi connectivity index (χ2v) is 8.38. The van der Waals surface area contributed by atoms with Gasteiger partial charge >= 0.3 is 0 Å². The van der Waals surface area contributed by atoms with E-state index in [4.69, 9.17) is 9.15 Å². The van der Waals surface area contributed by atoms with Crippen LogP contribution in [-0.4, -0.2) is 55.7 Å². The molecule has 8 nitrogen and oxygen atoms in total. The van der Waals surface area contributed by atoms with Crippen LogP contribution in [0.25, 0.3) is 0 Å². The molecule has 0 saturated heterocycles. The van der Waals surface area contributed by atoms with Crippen molar-refractivity contribution in [1.82, 2.24) is 10.0 Å². The van der Waals surface area contributed by atoms with Crippen molar-refractivity contribution >= 4 is 19.9 Å². The van der Waals surface area contributed by atoms with Gasteiger partial charge in [-0.3, -0.25) is 0 Å². The van der Waals surface area contributed by atoms with E-state index < -0.39 is 19.9 Å². The van der Waals surface area contributed by atoms with Gasteiger partial charge in [0.1, 0.15) is 15.6 Å². The third kappa shape index (κ3) is 7.05. The minimum absolute atomic E-state index is 0.191. The van der Waals surface area contributed by atoms with Crippen LogP contribution in [0.4, 0.5) is 0 Å². The Balaban J connectivity index is 2.53. The SMILES string of the molecule is COCCNCc1ccc(S(=O)(=O)NCCS(C)(=O)=O)o1. The molecule has 0 amide bonds. The Kier molecular flexibility index (Phi) is 6.81. The standard InChI is InChI=1S/C11H20N2O6S2/c1-18-7-5-12-9-10-3-4-11(19-10)21(16,17)13-6-8-20(2,14)15/h3-4,12-13H,5-9H2,1-2H3. The van der Waals surface area contributed by atoms with Gasteiger partial charge in [-0.15, -0.1) is 0 Å².